The smallest absolute Gasteiger partial charge is 0.317 e. The van der Waals surface area contributed by atoms with Crippen LogP contribution in [0.5, 0.6) is 0 Å². The molecule has 8 nitrogen and oxygen atoms in total. The minimum absolute atomic E-state index is 0.181. The van der Waals surface area contributed by atoms with E-state index in [1.807, 2.05) is 6.92 Å². The summed E-state index contributed by atoms with van der Waals surface area (Å²) in [5.41, 5.74) is 1.58. The zero-order chi connectivity index (χ0) is 22.7. The molecular formula is C23H29FN4O4. The van der Waals surface area contributed by atoms with Crippen molar-refractivity contribution in [3.63, 3.8) is 0 Å². The summed E-state index contributed by atoms with van der Waals surface area (Å²) in [6.45, 7) is 4.87. The number of carbonyl (C=O) groups is 2. The normalized spacial score (nSPS) is 18.5. The van der Waals surface area contributed by atoms with Gasteiger partial charge in [-0.25, -0.2) is 9.18 Å². The van der Waals surface area contributed by atoms with E-state index in [0.29, 0.717) is 63.4 Å². The van der Waals surface area contributed by atoms with E-state index in [1.54, 1.807) is 28.0 Å². The summed E-state index contributed by atoms with van der Waals surface area (Å²) in [4.78, 5) is 30.7. The Kier molecular flexibility index (Phi) is 6.64. The van der Waals surface area contributed by atoms with Crippen LogP contribution in [0.25, 0.3) is 0 Å². The van der Waals surface area contributed by atoms with Crippen LogP contribution in [0.15, 0.2) is 41.0 Å². The predicted molar refractivity (Wildman–Crippen MR) is 117 cm³/mol. The Morgan fingerprint density at radius 1 is 1.09 bits per heavy atom. The summed E-state index contributed by atoms with van der Waals surface area (Å²) in [6, 6.07) is 7.28. The number of nitrogens with one attached hydrogen (secondary N) is 1. The fourth-order valence-electron chi connectivity index (χ4n) is 4.29. The van der Waals surface area contributed by atoms with Gasteiger partial charge in [0.1, 0.15) is 5.82 Å². The first-order chi connectivity index (χ1) is 15.4. The number of hydrogen-bond donors (Lipinski definition) is 2. The molecule has 1 aromatic heterocycles. The van der Waals surface area contributed by atoms with Gasteiger partial charge in [0.2, 0.25) is 0 Å². The molecule has 3 amide bonds. The van der Waals surface area contributed by atoms with E-state index in [4.69, 9.17) is 4.42 Å². The molecule has 0 aliphatic carbocycles. The van der Waals surface area contributed by atoms with Crippen LogP contribution in [0.3, 0.4) is 0 Å². The van der Waals surface area contributed by atoms with Gasteiger partial charge in [0.15, 0.2) is 5.76 Å². The largest absolute Gasteiger partial charge is 0.459 e. The highest BCUT2D eigenvalue weighted by molar-refractivity contribution is 5.91. The average molecular weight is 445 g/mol. The number of rotatable bonds is 4. The number of anilines is 1. The predicted octanol–water partition coefficient (Wildman–Crippen LogP) is 2.61. The number of carbonyl (C=O) groups excluding carboxylic acids is 2. The number of urea groups is 1. The Bertz CT molecular complexity index is 935. The lowest BCUT2D eigenvalue weighted by Crippen LogP contribution is -2.53. The van der Waals surface area contributed by atoms with Crippen molar-refractivity contribution in [2.45, 2.75) is 31.9 Å². The number of piperazine rings is 1. The number of piperidine rings is 1. The number of nitrogens with zero attached hydrogens (tertiary/aromatic N) is 3. The maximum atomic E-state index is 14.0. The lowest BCUT2D eigenvalue weighted by atomic mass is 10.0. The fourth-order valence-corrected chi connectivity index (χ4v) is 4.29. The number of aliphatic hydroxyl groups is 1. The molecule has 2 saturated heterocycles. The topological polar surface area (TPSA) is 89.3 Å². The van der Waals surface area contributed by atoms with Gasteiger partial charge in [-0.2, -0.15) is 0 Å². The second kappa shape index (κ2) is 9.60. The third kappa shape index (κ3) is 4.88. The molecule has 2 aromatic rings. The van der Waals surface area contributed by atoms with Gasteiger partial charge in [-0.05, 0) is 50.1 Å². The third-order valence-electron chi connectivity index (χ3n) is 6.19. The van der Waals surface area contributed by atoms with Crippen LogP contribution in [-0.2, 0) is 0 Å². The Morgan fingerprint density at radius 3 is 2.44 bits per heavy atom. The van der Waals surface area contributed by atoms with Crippen molar-refractivity contribution in [3.8, 4) is 0 Å². The molecule has 32 heavy (non-hydrogen) atoms. The quantitative estimate of drug-likeness (QED) is 0.757. The van der Waals surface area contributed by atoms with E-state index in [0.717, 1.165) is 5.69 Å². The summed E-state index contributed by atoms with van der Waals surface area (Å²) in [5.74, 6) is -0.244. The van der Waals surface area contributed by atoms with E-state index in [9.17, 15) is 19.1 Å². The van der Waals surface area contributed by atoms with Crippen LogP contribution in [-0.4, -0.2) is 72.2 Å². The van der Waals surface area contributed by atoms with Crippen LogP contribution < -0.4 is 10.2 Å². The summed E-state index contributed by atoms with van der Waals surface area (Å²) < 4.78 is 19.2. The van der Waals surface area contributed by atoms with Crippen LogP contribution in [0.2, 0.25) is 0 Å². The van der Waals surface area contributed by atoms with Crippen LogP contribution in [0, 0.1) is 5.82 Å². The number of benzene rings is 1. The summed E-state index contributed by atoms with van der Waals surface area (Å²) in [7, 11) is 0. The van der Waals surface area contributed by atoms with Crippen molar-refractivity contribution in [2.24, 2.45) is 0 Å². The molecule has 2 aliphatic heterocycles. The lowest BCUT2D eigenvalue weighted by molar-refractivity contribution is 0.0633. The highest BCUT2D eigenvalue weighted by Gasteiger charge is 2.28. The van der Waals surface area contributed by atoms with Gasteiger partial charge in [-0.15, -0.1) is 0 Å². The molecule has 9 heteroatoms. The van der Waals surface area contributed by atoms with Gasteiger partial charge >= 0.3 is 6.03 Å². The van der Waals surface area contributed by atoms with Gasteiger partial charge in [-0.1, -0.05) is 0 Å². The number of furan rings is 1. The van der Waals surface area contributed by atoms with Gasteiger partial charge in [0.25, 0.3) is 5.91 Å². The maximum absolute atomic E-state index is 14.0. The van der Waals surface area contributed by atoms with Gasteiger partial charge < -0.3 is 29.5 Å². The first-order valence-electron chi connectivity index (χ1n) is 11.0. The summed E-state index contributed by atoms with van der Waals surface area (Å²) in [5, 5.41) is 12.8. The molecule has 1 unspecified atom stereocenters. The van der Waals surface area contributed by atoms with Crippen molar-refractivity contribution >= 4 is 17.6 Å². The third-order valence-corrected chi connectivity index (χ3v) is 6.19. The first-order valence-corrected chi connectivity index (χ1v) is 11.0. The molecule has 4 rings (SSSR count). The van der Waals surface area contributed by atoms with Crippen LogP contribution in [0.1, 0.15) is 41.9 Å². The Labute approximate surface area is 186 Å². The Morgan fingerprint density at radius 2 is 1.78 bits per heavy atom. The minimum atomic E-state index is -0.400. The van der Waals surface area contributed by atoms with E-state index in [-0.39, 0.29) is 23.9 Å². The van der Waals surface area contributed by atoms with Crippen LogP contribution >= 0.6 is 0 Å². The van der Waals surface area contributed by atoms with Crippen molar-refractivity contribution in [1.82, 2.24) is 15.1 Å². The van der Waals surface area contributed by atoms with Crippen molar-refractivity contribution in [2.75, 3.05) is 44.2 Å². The standard InChI is InChI=1S/C23H29FN4O4/c1-16(19-15-17(24)4-5-20(19)26-8-6-18(29)7-9-26)25-23(31)28-12-10-27(11-13-28)22(30)21-3-2-14-32-21/h2-5,14-16,18,29H,6-13H2,1H3,(H,25,31). The molecule has 1 aromatic carbocycles. The molecule has 2 N–H and O–H groups in total. The molecule has 2 fully saturated rings. The van der Waals surface area contributed by atoms with Crippen LogP contribution in [0.4, 0.5) is 14.9 Å². The van der Waals surface area contributed by atoms with Crippen molar-refractivity contribution in [1.29, 1.82) is 0 Å². The highest BCUT2D eigenvalue weighted by atomic mass is 19.1. The molecule has 0 bridgehead atoms. The van der Waals surface area contributed by atoms with Gasteiger partial charge in [-0.3, -0.25) is 4.79 Å². The molecule has 172 valence electrons. The summed E-state index contributed by atoms with van der Waals surface area (Å²) in [6.07, 6.45) is 2.49. The maximum Gasteiger partial charge on any atom is 0.317 e. The number of hydrogen-bond acceptors (Lipinski definition) is 5. The zero-order valence-electron chi connectivity index (χ0n) is 18.2. The number of aliphatic hydroxyl groups excluding tert-OH is 1. The Balaban J connectivity index is 1.37. The second-order valence-electron chi connectivity index (χ2n) is 8.35. The molecule has 0 spiro atoms. The minimum Gasteiger partial charge on any atom is -0.459 e. The average Bonchev–Trinajstić information content (AvgIpc) is 3.34. The van der Waals surface area contributed by atoms with E-state index in [1.165, 1.54) is 18.4 Å². The summed E-state index contributed by atoms with van der Waals surface area (Å²) >= 11 is 0. The molecule has 3 heterocycles. The monoisotopic (exact) mass is 444 g/mol. The fraction of sp³-hybridized carbons (Fsp3) is 0.478. The SMILES string of the molecule is CC(NC(=O)N1CCN(C(=O)c2ccco2)CC1)c1cc(F)ccc1N1CCC(O)CC1. The lowest BCUT2D eigenvalue weighted by Gasteiger charge is -2.36. The van der Waals surface area contributed by atoms with Gasteiger partial charge in [0, 0.05) is 50.5 Å². The zero-order valence-corrected chi connectivity index (χ0v) is 18.2. The van der Waals surface area contributed by atoms with E-state index in [2.05, 4.69) is 10.2 Å². The van der Waals surface area contributed by atoms with Crippen molar-refractivity contribution < 1.29 is 23.5 Å². The van der Waals surface area contributed by atoms with Crippen molar-refractivity contribution in [3.05, 3.63) is 53.7 Å². The van der Waals surface area contributed by atoms with E-state index >= 15 is 0 Å². The van der Waals surface area contributed by atoms with Gasteiger partial charge in [0.05, 0.1) is 18.4 Å². The molecule has 0 radical (unpaired) electrons. The molecular weight excluding hydrogens is 415 g/mol. The molecule has 0 saturated carbocycles. The second-order valence-corrected chi connectivity index (χ2v) is 8.35. The number of amides is 3. The Hall–Kier alpha value is -3.07. The number of halogens is 1. The van der Waals surface area contributed by atoms with E-state index < -0.39 is 6.04 Å². The molecule has 2 aliphatic rings. The molecule has 1 atom stereocenters. The highest BCUT2D eigenvalue weighted by Crippen LogP contribution is 2.30. The first kappa shape index (κ1) is 22.1.